The highest BCUT2D eigenvalue weighted by atomic mass is 32.2. The van der Waals surface area contributed by atoms with Gasteiger partial charge in [0.05, 0.1) is 23.2 Å². The average molecular weight is 469 g/mol. The van der Waals surface area contributed by atoms with E-state index in [9.17, 15) is 8.42 Å². The molecular formula is C24H28N4O2S2. The molecule has 0 amide bonds. The van der Waals surface area contributed by atoms with Gasteiger partial charge in [0.15, 0.2) is 9.84 Å². The third-order valence-electron chi connectivity index (χ3n) is 6.56. The fraction of sp³-hybridized carbons (Fsp3) is 0.375. The number of rotatable bonds is 7. The van der Waals surface area contributed by atoms with Crippen LogP contribution in [0.3, 0.4) is 0 Å². The molecule has 0 radical (unpaired) electrons. The van der Waals surface area contributed by atoms with Crippen LogP contribution < -0.4 is 5.32 Å². The van der Waals surface area contributed by atoms with Crippen molar-refractivity contribution in [3.8, 4) is 0 Å². The van der Waals surface area contributed by atoms with Crippen LogP contribution in [0.5, 0.6) is 0 Å². The highest BCUT2D eigenvalue weighted by molar-refractivity contribution is 7.91. The number of hydrogen-bond acceptors (Lipinski definition) is 5. The third-order valence-corrected chi connectivity index (χ3v) is 9.30. The average Bonchev–Trinajstić information content (AvgIpc) is 3.55. The van der Waals surface area contributed by atoms with E-state index in [4.69, 9.17) is 5.10 Å². The number of aromatic amines is 1. The number of nitrogens with zero attached hydrogens (tertiary/aromatic N) is 2. The van der Waals surface area contributed by atoms with Crippen molar-refractivity contribution in [1.82, 2.24) is 20.1 Å². The van der Waals surface area contributed by atoms with Gasteiger partial charge in [-0.25, -0.2) is 8.42 Å². The van der Waals surface area contributed by atoms with Crippen molar-refractivity contribution >= 4 is 32.1 Å². The van der Waals surface area contributed by atoms with Gasteiger partial charge in [-0.2, -0.15) is 5.10 Å². The van der Waals surface area contributed by atoms with E-state index in [2.05, 4.69) is 65.2 Å². The molecule has 1 aliphatic rings. The van der Waals surface area contributed by atoms with Gasteiger partial charge in [0, 0.05) is 52.2 Å². The Morgan fingerprint density at radius 1 is 1.25 bits per heavy atom. The van der Waals surface area contributed by atoms with E-state index in [0.29, 0.717) is 13.0 Å². The van der Waals surface area contributed by atoms with Crippen molar-refractivity contribution in [2.75, 3.05) is 18.1 Å². The van der Waals surface area contributed by atoms with Crippen LogP contribution in [-0.2, 0) is 16.4 Å². The first-order valence-electron chi connectivity index (χ1n) is 11.0. The van der Waals surface area contributed by atoms with Crippen LogP contribution in [0.2, 0.25) is 0 Å². The number of para-hydroxylation sites is 1. The lowest BCUT2D eigenvalue weighted by Gasteiger charge is -2.17. The lowest BCUT2D eigenvalue weighted by Crippen LogP contribution is -2.22. The second-order valence-corrected chi connectivity index (χ2v) is 11.8. The molecule has 1 aromatic carbocycles. The van der Waals surface area contributed by atoms with Crippen LogP contribution in [0.25, 0.3) is 10.9 Å². The molecule has 1 aliphatic heterocycles. The largest absolute Gasteiger partial charge is 0.361 e. The Balaban J connectivity index is 1.35. The Bertz CT molecular complexity index is 1340. The first-order valence-corrected chi connectivity index (χ1v) is 13.7. The molecule has 2 atom stereocenters. The van der Waals surface area contributed by atoms with Crippen molar-refractivity contribution in [1.29, 1.82) is 0 Å². The summed E-state index contributed by atoms with van der Waals surface area (Å²) in [4.78, 5) is 4.75. The third kappa shape index (κ3) is 4.02. The number of H-pyrrole nitrogens is 1. The molecule has 4 aromatic rings. The molecule has 3 aromatic heterocycles. The first kappa shape index (κ1) is 21.4. The SMILES string of the molecule is Cc1nn([C@H]2CCS(=O)(=O)C2)c(C)c1CNC[C@H](c1cccs1)c1c[nH]c2ccccc12. The van der Waals surface area contributed by atoms with E-state index in [1.54, 1.807) is 11.3 Å². The van der Waals surface area contributed by atoms with Crippen LogP contribution in [-0.4, -0.2) is 41.2 Å². The van der Waals surface area contributed by atoms with Gasteiger partial charge >= 0.3 is 0 Å². The van der Waals surface area contributed by atoms with Crippen LogP contribution >= 0.6 is 11.3 Å². The Hall–Kier alpha value is -2.42. The Morgan fingerprint density at radius 3 is 2.84 bits per heavy atom. The van der Waals surface area contributed by atoms with Gasteiger partial charge in [-0.15, -0.1) is 11.3 Å². The number of thiophene rings is 1. The molecule has 8 heteroatoms. The molecule has 32 heavy (non-hydrogen) atoms. The number of sulfone groups is 1. The minimum Gasteiger partial charge on any atom is -0.361 e. The highest BCUT2D eigenvalue weighted by Crippen LogP contribution is 2.33. The summed E-state index contributed by atoms with van der Waals surface area (Å²) in [6.07, 6.45) is 2.78. The maximum atomic E-state index is 11.9. The number of nitrogens with one attached hydrogen (secondary N) is 2. The van der Waals surface area contributed by atoms with Gasteiger partial charge in [0.25, 0.3) is 0 Å². The summed E-state index contributed by atoms with van der Waals surface area (Å²) in [6.45, 7) is 5.59. The summed E-state index contributed by atoms with van der Waals surface area (Å²) in [5.74, 6) is 0.710. The molecule has 2 N–H and O–H groups in total. The predicted molar refractivity (Wildman–Crippen MR) is 130 cm³/mol. The van der Waals surface area contributed by atoms with Crippen molar-refractivity contribution < 1.29 is 8.42 Å². The maximum absolute atomic E-state index is 11.9. The lowest BCUT2D eigenvalue weighted by molar-refractivity contribution is 0.485. The Morgan fingerprint density at radius 2 is 2.09 bits per heavy atom. The monoisotopic (exact) mass is 468 g/mol. The number of fused-ring (bicyclic) bond motifs is 1. The van der Waals surface area contributed by atoms with Gasteiger partial charge in [-0.1, -0.05) is 24.3 Å². The van der Waals surface area contributed by atoms with Crippen molar-refractivity contribution in [3.05, 3.63) is 75.4 Å². The second kappa shape index (κ2) is 8.50. The van der Waals surface area contributed by atoms with Gasteiger partial charge in [-0.3, -0.25) is 4.68 Å². The predicted octanol–water partition coefficient (Wildman–Crippen LogP) is 4.32. The Labute approximate surface area is 192 Å². The van der Waals surface area contributed by atoms with Crippen LogP contribution in [0, 0.1) is 13.8 Å². The molecule has 0 unspecified atom stereocenters. The van der Waals surface area contributed by atoms with E-state index in [1.807, 2.05) is 11.6 Å². The number of benzene rings is 1. The van der Waals surface area contributed by atoms with Crippen molar-refractivity contribution in [2.45, 2.75) is 38.8 Å². The molecule has 0 aliphatic carbocycles. The Kier molecular flexibility index (Phi) is 5.69. The van der Waals surface area contributed by atoms with E-state index < -0.39 is 9.84 Å². The minimum atomic E-state index is -2.94. The molecule has 0 saturated carbocycles. The molecule has 0 bridgehead atoms. The summed E-state index contributed by atoms with van der Waals surface area (Å²) >= 11 is 1.78. The van der Waals surface area contributed by atoms with E-state index in [1.165, 1.54) is 15.8 Å². The molecule has 6 nitrogen and oxygen atoms in total. The fourth-order valence-corrected chi connectivity index (χ4v) is 7.39. The van der Waals surface area contributed by atoms with E-state index >= 15 is 0 Å². The highest BCUT2D eigenvalue weighted by Gasteiger charge is 2.31. The topological polar surface area (TPSA) is 79.8 Å². The molecule has 1 saturated heterocycles. The van der Waals surface area contributed by atoms with Gasteiger partial charge in [0.2, 0.25) is 0 Å². The first-order chi connectivity index (χ1) is 15.4. The van der Waals surface area contributed by atoms with E-state index in [0.717, 1.165) is 29.0 Å². The summed E-state index contributed by atoms with van der Waals surface area (Å²) in [5, 5.41) is 11.8. The standard InChI is InChI=1S/C24H28N4O2S2/c1-16-20(17(2)28(27-16)18-9-11-32(29,30)15-18)12-25-13-22(24-8-5-10-31-24)21-14-26-23-7-4-3-6-19(21)23/h3-8,10,14,18,22,25-26H,9,11-13,15H2,1-2H3/t18-,22-/m0/s1. The van der Waals surface area contributed by atoms with E-state index in [-0.39, 0.29) is 23.5 Å². The van der Waals surface area contributed by atoms with Gasteiger partial charge < -0.3 is 10.3 Å². The zero-order valence-electron chi connectivity index (χ0n) is 18.3. The summed E-state index contributed by atoms with van der Waals surface area (Å²) in [7, 11) is -2.94. The summed E-state index contributed by atoms with van der Waals surface area (Å²) in [6, 6.07) is 12.7. The van der Waals surface area contributed by atoms with Crippen LogP contribution in [0.15, 0.2) is 48.0 Å². The van der Waals surface area contributed by atoms with Crippen LogP contribution in [0.1, 0.15) is 45.8 Å². The smallest absolute Gasteiger partial charge is 0.152 e. The molecule has 168 valence electrons. The lowest BCUT2D eigenvalue weighted by atomic mass is 9.96. The number of hydrogen-bond donors (Lipinski definition) is 2. The number of aryl methyl sites for hydroxylation is 1. The number of aromatic nitrogens is 3. The summed E-state index contributed by atoms with van der Waals surface area (Å²) in [5.41, 5.74) is 5.66. The molecule has 1 fully saturated rings. The van der Waals surface area contributed by atoms with Gasteiger partial charge in [-0.05, 0) is 43.3 Å². The zero-order chi connectivity index (χ0) is 22.3. The van der Waals surface area contributed by atoms with Crippen molar-refractivity contribution in [2.24, 2.45) is 0 Å². The quantitative estimate of drug-likeness (QED) is 0.423. The molecule has 5 rings (SSSR count). The van der Waals surface area contributed by atoms with Crippen molar-refractivity contribution in [3.63, 3.8) is 0 Å². The second-order valence-electron chi connectivity index (χ2n) is 8.64. The normalized spacial score (nSPS) is 19.0. The minimum absolute atomic E-state index is 0.0439. The van der Waals surface area contributed by atoms with Gasteiger partial charge in [0.1, 0.15) is 0 Å². The maximum Gasteiger partial charge on any atom is 0.152 e. The fourth-order valence-electron chi connectivity index (χ4n) is 4.85. The molecule has 0 spiro atoms. The molecule has 4 heterocycles. The van der Waals surface area contributed by atoms with Crippen LogP contribution in [0.4, 0.5) is 0 Å². The molecular weight excluding hydrogens is 440 g/mol. The summed E-state index contributed by atoms with van der Waals surface area (Å²) < 4.78 is 25.8. The zero-order valence-corrected chi connectivity index (χ0v) is 20.0.